The van der Waals surface area contributed by atoms with Crippen LogP contribution in [0.15, 0.2) is 23.1 Å². The van der Waals surface area contributed by atoms with Crippen molar-refractivity contribution >= 4 is 15.9 Å². The summed E-state index contributed by atoms with van der Waals surface area (Å²) in [5.41, 5.74) is -0.196. The molecule has 7 heteroatoms. The normalized spacial score (nSPS) is 14.5. The van der Waals surface area contributed by atoms with Crippen molar-refractivity contribution in [2.75, 3.05) is 0 Å². The molecule has 0 radical (unpaired) electrons. The highest BCUT2D eigenvalue weighted by Gasteiger charge is 2.18. The largest absolute Gasteiger partial charge is 0.349 e. The molecule has 3 N–H and O–H groups in total. The number of benzene rings is 1. The molecule has 0 saturated carbocycles. The molecular formula is C14H21FN2O3S. The van der Waals surface area contributed by atoms with E-state index < -0.39 is 21.7 Å². The predicted octanol–water partition coefficient (Wildman–Crippen LogP) is 2.03. The zero-order chi connectivity index (χ0) is 16.2. The van der Waals surface area contributed by atoms with Gasteiger partial charge in [-0.1, -0.05) is 20.3 Å². The van der Waals surface area contributed by atoms with E-state index in [-0.39, 0.29) is 16.5 Å². The molecule has 0 aliphatic rings. The van der Waals surface area contributed by atoms with Crippen LogP contribution in [0.2, 0.25) is 0 Å². The number of hydrogen-bond donors (Lipinski definition) is 2. The molecule has 1 amide bonds. The molecule has 1 rings (SSSR count). The smallest absolute Gasteiger partial charge is 0.254 e. The van der Waals surface area contributed by atoms with Crippen molar-refractivity contribution in [3.63, 3.8) is 0 Å². The molecule has 0 fully saturated rings. The van der Waals surface area contributed by atoms with Crippen LogP contribution in [0, 0.1) is 11.7 Å². The molecule has 0 aromatic heterocycles. The number of sulfonamides is 1. The van der Waals surface area contributed by atoms with Crippen LogP contribution in [-0.4, -0.2) is 20.4 Å². The summed E-state index contributed by atoms with van der Waals surface area (Å²) in [4.78, 5) is 11.6. The molecule has 0 heterocycles. The van der Waals surface area contributed by atoms with E-state index >= 15 is 0 Å². The molecule has 2 atom stereocenters. The minimum absolute atomic E-state index is 0.0928. The topological polar surface area (TPSA) is 89.3 Å². The zero-order valence-electron chi connectivity index (χ0n) is 12.4. The summed E-state index contributed by atoms with van der Waals surface area (Å²) in [5.74, 6) is -1.02. The van der Waals surface area contributed by atoms with Crippen molar-refractivity contribution in [2.45, 2.75) is 44.6 Å². The first-order valence-electron chi connectivity index (χ1n) is 6.78. The lowest BCUT2D eigenvalue weighted by atomic mass is 10.00. The first-order chi connectivity index (χ1) is 9.65. The molecule has 118 valence electrons. The van der Waals surface area contributed by atoms with Crippen LogP contribution in [0.5, 0.6) is 0 Å². The summed E-state index contributed by atoms with van der Waals surface area (Å²) in [6, 6.07) is 2.90. The second kappa shape index (κ2) is 7.00. The van der Waals surface area contributed by atoms with Crippen molar-refractivity contribution in [1.29, 1.82) is 0 Å². The van der Waals surface area contributed by atoms with Crippen LogP contribution in [0.3, 0.4) is 0 Å². The van der Waals surface area contributed by atoms with Crippen LogP contribution in [-0.2, 0) is 10.0 Å². The maximum Gasteiger partial charge on any atom is 0.254 e. The number of nitrogens with one attached hydrogen (secondary N) is 1. The van der Waals surface area contributed by atoms with Crippen LogP contribution in [0.1, 0.15) is 44.0 Å². The minimum Gasteiger partial charge on any atom is -0.349 e. The van der Waals surface area contributed by atoms with Gasteiger partial charge in [-0.2, -0.15) is 0 Å². The summed E-state index contributed by atoms with van der Waals surface area (Å²) in [5, 5.41) is 7.61. The third-order valence-electron chi connectivity index (χ3n) is 3.34. The highest BCUT2D eigenvalue weighted by atomic mass is 32.2. The van der Waals surface area contributed by atoms with Crippen LogP contribution < -0.4 is 10.5 Å². The number of rotatable bonds is 6. The number of carbonyl (C=O) groups excluding carboxylic acids is 1. The molecule has 0 saturated heterocycles. The Hall–Kier alpha value is -1.47. The summed E-state index contributed by atoms with van der Waals surface area (Å²) < 4.78 is 36.0. The van der Waals surface area contributed by atoms with E-state index in [9.17, 15) is 17.6 Å². The lowest BCUT2D eigenvalue weighted by Gasteiger charge is -2.17. The van der Waals surface area contributed by atoms with Gasteiger partial charge in [-0.3, -0.25) is 4.79 Å². The molecule has 2 unspecified atom stereocenters. The number of halogens is 1. The Morgan fingerprint density at radius 1 is 1.38 bits per heavy atom. The van der Waals surface area contributed by atoms with Crippen molar-refractivity contribution in [2.24, 2.45) is 11.1 Å². The van der Waals surface area contributed by atoms with Crippen molar-refractivity contribution in [1.82, 2.24) is 5.32 Å². The summed E-state index contributed by atoms with van der Waals surface area (Å²) in [7, 11) is -3.98. The third-order valence-corrected chi connectivity index (χ3v) is 4.26. The monoisotopic (exact) mass is 316 g/mol. The Bertz CT molecular complexity index is 617. The van der Waals surface area contributed by atoms with E-state index in [2.05, 4.69) is 19.2 Å². The van der Waals surface area contributed by atoms with Gasteiger partial charge < -0.3 is 5.32 Å². The number of hydrogen-bond acceptors (Lipinski definition) is 3. The highest BCUT2D eigenvalue weighted by Crippen LogP contribution is 2.15. The van der Waals surface area contributed by atoms with Gasteiger partial charge in [0.15, 0.2) is 0 Å². The maximum atomic E-state index is 13.8. The average Bonchev–Trinajstić information content (AvgIpc) is 2.36. The van der Waals surface area contributed by atoms with E-state index in [1.54, 1.807) is 0 Å². The Kier molecular flexibility index (Phi) is 5.86. The van der Waals surface area contributed by atoms with Gasteiger partial charge >= 0.3 is 0 Å². The summed E-state index contributed by atoms with van der Waals surface area (Å²) in [6.07, 6.45) is 1.79. The maximum absolute atomic E-state index is 13.8. The lowest BCUT2D eigenvalue weighted by molar-refractivity contribution is 0.0931. The van der Waals surface area contributed by atoms with Crippen LogP contribution in [0.25, 0.3) is 0 Å². The van der Waals surface area contributed by atoms with Gasteiger partial charge in [0, 0.05) is 6.04 Å². The predicted molar refractivity (Wildman–Crippen MR) is 78.8 cm³/mol. The summed E-state index contributed by atoms with van der Waals surface area (Å²) in [6.45, 7) is 5.98. The number of primary sulfonamides is 1. The number of nitrogens with two attached hydrogens (primary N) is 1. The van der Waals surface area contributed by atoms with Gasteiger partial charge in [-0.05, 0) is 37.5 Å². The molecule has 0 bridgehead atoms. The summed E-state index contributed by atoms with van der Waals surface area (Å²) >= 11 is 0. The van der Waals surface area contributed by atoms with E-state index in [0.717, 1.165) is 31.0 Å². The zero-order valence-corrected chi connectivity index (χ0v) is 13.2. The number of carbonyl (C=O) groups is 1. The second-order valence-corrected chi connectivity index (χ2v) is 6.87. The SMILES string of the molecule is CCC(C)CC(C)NC(=O)c1ccc(S(N)(=O)=O)cc1F. The van der Waals surface area contributed by atoms with Crippen molar-refractivity contribution in [3.8, 4) is 0 Å². The van der Waals surface area contributed by atoms with Gasteiger partial charge in [0.05, 0.1) is 10.5 Å². The Labute approximate surface area is 124 Å². The van der Waals surface area contributed by atoms with E-state index in [1.165, 1.54) is 0 Å². The van der Waals surface area contributed by atoms with Gasteiger partial charge in [-0.15, -0.1) is 0 Å². The van der Waals surface area contributed by atoms with Gasteiger partial charge in [0.1, 0.15) is 5.82 Å². The van der Waals surface area contributed by atoms with Crippen molar-refractivity contribution < 1.29 is 17.6 Å². The minimum atomic E-state index is -3.98. The Balaban J connectivity index is 2.84. The van der Waals surface area contributed by atoms with Gasteiger partial charge in [0.25, 0.3) is 5.91 Å². The molecule has 1 aromatic carbocycles. The molecule has 21 heavy (non-hydrogen) atoms. The first-order valence-corrected chi connectivity index (χ1v) is 8.33. The van der Waals surface area contributed by atoms with Crippen molar-refractivity contribution in [3.05, 3.63) is 29.6 Å². The molecule has 0 aliphatic carbocycles. The fourth-order valence-corrected chi connectivity index (χ4v) is 2.51. The highest BCUT2D eigenvalue weighted by molar-refractivity contribution is 7.89. The van der Waals surface area contributed by atoms with Gasteiger partial charge in [-0.25, -0.2) is 17.9 Å². The average molecular weight is 316 g/mol. The third kappa shape index (κ3) is 5.09. The molecular weight excluding hydrogens is 295 g/mol. The molecule has 0 spiro atoms. The first kappa shape index (κ1) is 17.6. The fraction of sp³-hybridized carbons (Fsp3) is 0.500. The standard InChI is InChI=1S/C14H21FN2O3S/c1-4-9(2)7-10(3)17-14(18)12-6-5-11(8-13(12)15)21(16,19)20/h5-6,8-10H,4,7H2,1-3H3,(H,17,18)(H2,16,19,20). The van der Waals surface area contributed by atoms with E-state index in [1.807, 2.05) is 6.92 Å². The molecule has 5 nitrogen and oxygen atoms in total. The molecule has 1 aromatic rings. The lowest BCUT2D eigenvalue weighted by Crippen LogP contribution is -2.34. The van der Waals surface area contributed by atoms with E-state index in [0.29, 0.717) is 5.92 Å². The van der Waals surface area contributed by atoms with Gasteiger partial charge in [0.2, 0.25) is 10.0 Å². The van der Waals surface area contributed by atoms with Crippen LogP contribution in [0.4, 0.5) is 4.39 Å². The fourth-order valence-electron chi connectivity index (χ4n) is 1.99. The Morgan fingerprint density at radius 2 is 2.00 bits per heavy atom. The van der Waals surface area contributed by atoms with Crippen LogP contribution >= 0.6 is 0 Å². The van der Waals surface area contributed by atoms with E-state index in [4.69, 9.17) is 5.14 Å². The number of amides is 1. The quantitative estimate of drug-likeness (QED) is 0.841. The molecule has 0 aliphatic heterocycles. The Morgan fingerprint density at radius 3 is 2.48 bits per heavy atom. The second-order valence-electron chi connectivity index (χ2n) is 5.31.